The molecule has 1 spiro atoms. The molecule has 0 bridgehead atoms. The maximum absolute atomic E-state index is 13.0. The van der Waals surface area contributed by atoms with Crippen LogP contribution in [0, 0.1) is 18.8 Å². The van der Waals surface area contributed by atoms with Crippen molar-refractivity contribution in [1.82, 2.24) is 5.12 Å². The number of nitrogens with zero attached hydrogens (tertiary/aromatic N) is 4. The van der Waals surface area contributed by atoms with E-state index >= 15 is 0 Å². The predicted octanol–water partition coefficient (Wildman–Crippen LogP) is 1.22. The third kappa shape index (κ3) is 2.39. The number of hydrazone groups is 1. The molecule has 1 atom stereocenters. The summed E-state index contributed by atoms with van der Waals surface area (Å²) >= 11 is 0. The van der Waals surface area contributed by atoms with Gasteiger partial charge >= 0.3 is 5.97 Å². The van der Waals surface area contributed by atoms with Crippen molar-refractivity contribution in [3.05, 3.63) is 34.2 Å². The number of anilines is 1. The molecule has 0 aliphatic carbocycles. The molecule has 2 aliphatic rings. The van der Waals surface area contributed by atoms with E-state index in [-0.39, 0.29) is 18.6 Å². The van der Waals surface area contributed by atoms with Crippen molar-refractivity contribution in [2.45, 2.75) is 32.2 Å². The van der Waals surface area contributed by atoms with Gasteiger partial charge in [-0.25, -0.2) is 9.69 Å². The smallest absolute Gasteiger partial charge is 0.354 e. The Morgan fingerprint density at radius 3 is 2.56 bits per heavy atom. The minimum absolute atomic E-state index is 0.120. The number of nitroso groups, excluding NO2 is 1. The topological polar surface area (TPSA) is 109 Å². The van der Waals surface area contributed by atoms with Crippen molar-refractivity contribution in [3.63, 3.8) is 0 Å². The molecule has 0 N–H and O–H groups in total. The number of benzene rings is 1. The molecule has 1 aromatic rings. The lowest BCUT2D eigenvalue weighted by atomic mass is 9.92. The van der Waals surface area contributed by atoms with Crippen LogP contribution in [0.25, 0.3) is 0 Å². The number of hydrogen-bond acceptors (Lipinski definition) is 7. The van der Waals surface area contributed by atoms with Gasteiger partial charge in [0.1, 0.15) is 0 Å². The molecule has 130 valence electrons. The summed E-state index contributed by atoms with van der Waals surface area (Å²) in [7, 11) is 1.16. The minimum atomic E-state index is -1.61. The zero-order valence-corrected chi connectivity index (χ0v) is 14.0. The van der Waals surface area contributed by atoms with E-state index in [2.05, 4.69) is 15.1 Å². The molecule has 0 radical (unpaired) electrons. The Hall–Kier alpha value is -3.10. The first-order valence-corrected chi connectivity index (χ1v) is 7.58. The standard InChI is InChI=1S/C16H16N4O5/c1-9-4-5-11(6-10(9)2)19-13(21)8-16(15(19)23)7-12(14(22)25-3)17-20(16)18-24/h4-6H,7-8H2,1-3H3/t16-/m0/s1. The van der Waals surface area contributed by atoms with Gasteiger partial charge in [0.15, 0.2) is 11.3 Å². The molecule has 2 heterocycles. The van der Waals surface area contributed by atoms with E-state index in [4.69, 9.17) is 0 Å². The van der Waals surface area contributed by atoms with Crippen LogP contribution in [0.1, 0.15) is 24.0 Å². The fourth-order valence-corrected chi connectivity index (χ4v) is 3.07. The van der Waals surface area contributed by atoms with Crippen molar-refractivity contribution >= 4 is 29.2 Å². The van der Waals surface area contributed by atoms with Gasteiger partial charge in [-0.1, -0.05) is 6.07 Å². The van der Waals surface area contributed by atoms with Gasteiger partial charge in [0.2, 0.25) is 5.91 Å². The Bertz CT molecular complexity index is 834. The van der Waals surface area contributed by atoms with Gasteiger partial charge in [-0.15, -0.1) is 15.1 Å². The molecular formula is C16H16N4O5. The van der Waals surface area contributed by atoms with Crippen LogP contribution in [0.3, 0.4) is 0 Å². The molecule has 3 rings (SSSR count). The first-order chi connectivity index (χ1) is 11.8. The molecular weight excluding hydrogens is 328 g/mol. The van der Waals surface area contributed by atoms with Gasteiger partial charge in [0.25, 0.3) is 5.91 Å². The third-order valence-corrected chi connectivity index (χ3v) is 4.60. The van der Waals surface area contributed by atoms with Crippen molar-refractivity contribution in [1.29, 1.82) is 0 Å². The number of ether oxygens (including phenoxy) is 1. The number of amides is 2. The maximum Gasteiger partial charge on any atom is 0.354 e. The number of methoxy groups -OCH3 is 1. The molecule has 9 nitrogen and oxygen atoms in total. The van der Waals surface area contributed by atoms with Crippen molar-refractivity contribution < 1.29 is 19.1 Å². The first kappa shape index (κ1) is 16.7. The van der Waals surface area contributed by atoms with Crippen LogP contribution in [-0.2, 0) is 19.1 Å². The van der Waals surface area contributed by atoms with Crippen LogP contribution >= 0.6 is 0 Å². The van der Waals surface area contributed by atoms with E-state index in [0.717, 1.165) is 23.1 Å². The summed E-state index contributed by atoms with van der Waals surface area (Å²) in [6, 6.07) is 5.18. The molecule has 0 aromatic heterocycles. The summed E-state index contributed by atoms with van der Waals surface area (Å²) in [5, 5.41) is 7.09. The highest BCUT2D eigenvalue weighted by Crippen LogP contribution is 2.40. The number of imide groups is 1. The van der Waals surface area contributed by atoms with Crippen LogP contribution in [0.5, 0.6) is 0 Å². The van der Waals surface area contributed by atoms with Gasteiger partial charge in [0.05, 0.1) is 24.5 Å². The molecule has 0 unspecified atom stereocenters. The van der Waals surface area contributed by atoms with Crippen LogP contribution < -0.4 is 4.90 Å². The second kappa shape index (κ2) is 5.76. The number of carbonyl (C=O) groups excluding carboxylic acids is 3. The highest BCUT2D eigenvalue weighted by Gasteiger charge is 2.61. The van der Waals surface area contributed by atoms with Crippen LogP contribution in [0.15, 0.2) is 28.6 Å². The van der Waals surface area contributed by atoms with Gasteiger partial charge in [-0.05, 0) is 37.1 Å². The summed E-state index contributed by atoms with van der Waals surface area (Å²) in [5.41, 5.74) is 0.618. The predicted molar refractivity (Wildman–Crippen MR) is 87.5 cm³/mol. The molecule has 2 aliphatic heterocycles. The van der Waals surface area contributed by atoms with Crippen molar-refractivity contribution in [2.24, 2.45) is 10.4 Å². The number of esters is 1. The quantitative estimate of drug-likeness (QED) is 0.463. The first-order valence-electron chi connectivity index (χ1n) is 7.58. The zero-order valence-electron chi connectivity index (χ0n) is 14.0. The second-order valence-electron chi connectivity index (χ2n) is 6.10. The average molecular weight is 344 g/mol. The fourth-order valence-electron chi connectivity index (χ4n) is 3.07. The lowest BCUT2D eigenvalue weighted by Gasteiger charge is -2.25. The summed E-state index contributed by atoms with van der Waals surface area (Å²) in [4.78, 5) is 49.4. The molecule has 1 aromatic carbocycles. The summed E-state index contributed by atoms with van der Waals surface area (Å²) in [5.74, 6) is -1.89. The van der Waals surface area contributed by atoms with E-state index in [0.29, 0.717) is 10.8 Å². The minimum Gasteiger partial charge on any atom is -0.464 e. The highest BCUT2D eigenvalue weighted by atomic mass is 16.5. The van der Waals surface area contributed by atoms with Crippen molar-refractivity contribution in [2.75, 3.05) is 12.0 Å². The molecule has 2 amide bonds. The van der Waals surface area contributed by atoms with Gasteiger partial charge < -0.3 is 4.74 Å². The van der Waals surface area contributed by atoms with Crippen LogP contribution in [0.4, 0.5) is 5.69 Å². The zero-order chi connectivity index (χ0) is 18.4. The van der Waals surface area contributed by atoms with E-state index in [1.807, 2.05) is 13.8 Å². The summed E-state index contributed by atoms with van der Waals surface area (Å²) < 4.78 is 4.58. The Morgan fingerprint density at radius 1 is 1.24 bits per heavy atom. The fraction of sp³-hybridized carbons (Fsp3) is 0.375. The van der Waals surface area contributed by atoms with Gasteiger partial charge in [0, 0.05) is 6.42 Å². The number of carbonyl (C=O) groups is 3. The van der Waals surface area contributed by atoms with E-state index in [9.17, 15) is 19.3 Å². The van der Waals surface area contributed by atoms with Crippen LogP contribution in [0.2, 0.25) is 0 Å². The van der Waals surface area contributed by atoms with Crippen molar-refractivity contribution in [3.8, 4) is 0 Å². The summed E-state index contributed by atoms with van der Waals surface area (Å²) in [6.07, 6.45) is -0.508. The monoisotopic (exact) mass is 344 g/mol. The molecule has 0 saturated carbocycles. The largest absolute Gasteiger partial charge is 0.464 e. The second-order valence-corrected chi connectivity index (χ2v) is 6.10. The third-order valence-electron chi connectivity index (χ3n) is 4.60. The number of aryl methyl sites for hydroxylation is 2. The lowest BCUT2D eigenvalue weighted by molar-refractivity contribution is -0.132. The highest BCUT2D eigenvalue weighted by molar-refractivity contribution is 6.39. The molecule has 1 fully saturated rings. The number of hydrogen-bond donors (Lipinski definition) is 0. The van der Waals surface area contributed by atoms with E-state index in [1.54, 1.807) is 18.2 Å². The Balaban J connectivity index is 1.99. The van der Waals surface area contributed by atoms with Gasteiger partial charge in [-0.2, -0.15) is 0 Å². The molecule has 1 saturated heterocycles. The van der Waals surface area contributed by atoms with Gasteiger partial charge in [-0.3, -0.25) is 9.59 Å². The van der Waals surface area contributed by atoms with E-state index in [1.165, 1.54) is 0 Å². The molecule has 9 heteroatoms. The Kier molecular flexibility index (Phi) is 3.86. The van der Waals surface area contributed by atoms with E-state index < -0.39 is 23.3 Å². The Morgan fingerprint density at radius 2 is 1.96 bits per heavy atom. The maximum atomic E-state index is 13.0. The Labute approximate surface area is 143 Å². The van der Waals surface area contributed by atoms with Crippen LogP contribution in [-0.4, -0.2) is 41.3 Å². The SMILES string of the molecule is COC(=O)C1=NN(N=O)[C@]2(CC(=O)N(c3ccc(C)c(C)c3)C2=O)C1. The lowest BCUT2D eigenvalue weighted by Crippen LogP contribution is -2.48. The molecule has 25 heavy (non-hydrogen) atoms. The normalized spacial score (nSPS) is 22.6. The summed E-state index contributed by atoms with van der Waals surface area (Å²) in [6.45, 7) is 3.78. The average Bonchev–Trinajstić information content (AvgIpc) is 3.08. The number of rotatable bonds is 3.